The number of thiophene rings is 1. The molecule has 1 aromatic heterocycles. The van der Waals surface area contributed by atoms with Crippen LogP contribution in [0.3, 0.4) is 0 Å². The highest BCUT2D eigenvalue weighted by Gasteiger charge is 2.44. The number of nitrogens with one attached hydrogen (secondary N) is 2. The molecule has 0 spiro atoms. The van der Waals surface area contributed by atoms with Gasteiger partial charge in [-0.15, -0.1) is 20.6 Å². The minimum Gasteiger partial charge on any atom is -0.389 e. The lowest BCUT2D eigenvalue weighted by molar-refractivity contribution is 0.0399. The Hall–Kier alpha value is -2.70. The topological polar surface area (TPSA) is 119 Å². The molecule has 5 atom stereocenters. The smallest absolute Gasteiger partial charge is 0.199 e. The van der Waals surface area contributed by atoms with Crippen LogP contribution >= 0.6 is 20.6 Å². The number of ether oxygens (including phenoxy) is 1. The molecule has 0 bridgehead atoms. The predicted molar refractivity (Wildman–Crippen MR) is 173 cm³/mol. The summed E-state index contributed by atoms with van der Waals surface area (Å²) in [6.45, 7) is 16.6. The van der Waals surface area contributed by atoms with Crippen molar-refractivity contribution in [3.05, 3.63) is 56.0 Å². The Balaban J connectivity index is 0.000000526. The molecule has 6 rings (SSSR count). The molecule has 4 aliphatic heterocycles. The quantitative estimate of drug-likeness (QED) is 0.322. The SMILES string of the molecule is CC.CC1CN(C2=NC3C(=CN2)C2=C(COC2)C(C2NC=C(F)c4sc(N)c(C#N)c42)=C3P)CC1(C)O.CCC(C)C. The van der Waals surface area contributed by atoms with Crippen molar-refractivity contribution in [2.24, 2.45) is 16.8 Å². The molecular formula is C31H44FN6O2PS. The fraction of sp³-hybridized carbons (Fsp3) is 0.548. The molecule has 0 aromatic carbocycles. The molecule has 1 aliphatic carbocycles. The largest absolute Gasteiger partial charge is 0.389 e. The Morgan fingerprint density at radius 1 is 1.33 bits per heavy atom. The van der Waals surface area contributed by atoms with Crippen molar-refractivity contribution in [1.29, 1.82) is 5.26 Å². The number of aliphatic hydroxyl groups is 1. The summed E-state index contributed by atoms with van der Waals surface area (Å²) < 4.78 is 20.6. The number of aliphatic imine (C=N–C) groups is 1. The molecule has 5 heterocycles. The Bertz CT molecular complexity index is 1420. The Morgan fingerprint density at radius 3 is 2.60 bits per heavy atom. The number of nitriles is 1. The predicted octanol–water partition coefficient (Wildman–Crippen LogP) is 5.58. The maximum Gasteiger partial charge on any atom is 0.199 e. The third-order valence-corrected chi connectivity index (χ3v) is 10.1. The monoisotopic (exact) mass is 614 g/mol. The van der Waals surface area contributed by atoms with Gasteiger partial charge < -0.3 is 31.1 Å². The normalized spacial score (nSPS) is 27.6. The van der Waals surface area contributed by atoms with E-state index in [0.717, 1.165) is 44.9 Å². The van der Waals surface area contributed by atoms with E-state index >= 15 is 0 Å². The summed E-state index contributed by atoms with van der Waals surface area (Å²) in [5.74, 6) is 1.29. The van der Waals surface area contributed by atoms with Crippen LogP contribution in [0, 0.1) is 23.2 Å². The number of β-amino-alcohol motifs (C(OH)–C–C–N with tert-alkyl or cyclic N) is 1. The number of nitrogens with zero attached hydrogens (tertiary/aromatic N) is 3. The molecule has 0 saturated carbocycles. The van der Waals surface area contributed by atoms with Crippen LogP contribution in [0.2, 0.25) is 0 Å². The van der Waals surface area contributed by atoms with E-state index in [9.17, 15) is 14.8 Å². The molecule has 11 heteroatoms. The van der Waals surface area contributed by atoms with Crippen LogP contribution < -0.4 is 16.4 Å². The van der Waals surface area contributed by atoms with E-state index in [0.29, 0.717) is 53.3 Å². The van der Waals surface area contributed by atoms with Gasteiger partial charge in [-0.25, -0.2) is 9.38 Å². The fourth-order valence-corrected chi connectivity index (χ4v) is 7.12. The van der Waals surface area contributed by atoms with Gasteiger partial charge in [0.15, 0.2) is 11.8 Å². The van der Waals surface area contributed by atoms with E-state index < -0.39 is 17.5 Å². The standard InChI is InChI=1S/C24H26FN6O2PS.C5H12.C2H6/c1-10-6-31(9-24(10,2)32)23-29-4-12-13-7-33-8-14(13)16(20(34)18(12)30-23)19-17-11(3-26)22(27)35-21(17)15(25)5-28-19;1-4-5(2)3;1-2/h4-5,10,18-19,28,32H,6-9,27,34H2,1-2H3,(H,29,30);5H,4H2,1-3H3;1-2H3. The second kappa shape index (κ2) is 12.9. The maximum atomic E-state index is 14.7. The lowest BCUT2D eigenvalue weighted by atomic mass is 9.79. The number of guanidine groups is 1. The van der Waals surface area contributed by atoms with Crippen molar-refractivity contribution in [3.8, 4) is 6.07 Å². The third-order valence-electron chi connectivity index (χ3n) is 8.48. The second-order valence-corrected chi connectivity index (χ2v) is 13.3. The molecule has 1 aromatic rings. The van der Waals surface area contributed by atoms with Gasteiger partial charge in [0.2, 0.25) is 0 Å². The molecule has 5 aliphatic rings. The zero-order valence-corrected chi connectivity index (χ0v) is 27.6. The van der Waals surface area contributed by atoms with E-state index in [-0.39, 0.29) is 12.0 Å². The molecule has 1 saturated heterocycles. The number of nitrogen functional groups attached to an aromatic ring is 1. The molecule has 0 radical (unpaired) electrons. The van der Waals surface area contributed by atoms with E-state index in [1.54, 1.807) is 0 Å². The summed E-state index contributed by atoms with van der Waals surface area (Å²) >= 11 is 1.10. The van der Waals surface area contributed by atoms with Crippen molar-refractivity contribution < 1.29 is 14.2 Å². The number of fused-ring (bicyclic) bond motifs is 3. The molecular weight excluding hydrogens is 570 g/mol. The second-order valence-electron chi connectivity index (χ2n) is 11.6. The van der Waals surface area contributed by atoms with Gasteiger partial charge in [0.1, 0.15) is 17.1 Å². The van der Waals surface area contributed by atoms with Crippen molar-refractivity contribution >= 4 is 37.4 Å². The van der Waals surface area contributed by atoms with Crippen LogP contribution in [0.15, 0.2) is 45.0 Å². The Labute approximate surface area is 255 Å². The van der Waals surface area contributed by atoms with Crippen LogP contribution in [0.25, 0.3) is 5.83 Å². The summed E-state index contributed by atoms with van der Waals surface area (Å²) in [7, 11) is 2.84. The minimum atomic E-state index is -0.786. The molecule has 228 valence electrons. The lowest BCUT2D eigenvalue weighted by Gasteiger charge is -2.36. The number of hydrogen-bond acceptors (Lipinski definition) is 9. The maximum absolute atomic E-state index is 14.7. The highest BCUT2D eigenvalue weighted by molar-refractivity contribution is 7.22. The minimum absolute atomic E-state index is 0.114. The van der Waals surface area contributed by atoms with Crippen LogP contribution in [0.1, 0.15) is 76.9 Å². The molecule has 1 fully saturated rings. The summed E-state index contributed by atoms with van der Waals surface area (Å²) in [5, 5.41) is 28.3. The highest BCUT2D eigenvalue weighted by atomic mass is 32.1. The average molecular weight is 615 g/mol. The summed E-state index contributed by atoms with van der Waals surface area (Å²) in [6, 6.07) is 1.44. The fourth-order valence-electron chi connectivity index (χ4n) is 5.56. The Morgan fingerprint density at radius 2 is 2.00 bits per heavy atom. The molecule has 42 heavy (non-hydrogen) atoms. The van der Waals surface area contributed by atoms with Gasteiger partial charge in [0.05, 0.1) is 35.3 Å². The van der Waals surface area contributed by atoms with E-state index in [2.05, 4.69) is 51.6 Å². The summed E-state index contributed by atoms with van der Waals surface area (Å²) in [5.41, 5.74) is 10.3. The van der Waals surface area contributed by atoms with Crippen LogP contribution in [0.4, 0.5) is 9.39 Å². The first-order valence-corrected chi connectivity index (χ1v) is 16.1. The van der Waals surface area contributed by atoms with Crippen molar-refractivity contribution in [2.75, 3.05) is 32.0 Å². The van der Waals surface area contributed by atoms with Gasteiger partial charge in [-0.2, -0.15) is 5.26 Å². The number of hydrogen-bond donors (Lipinski definition) is 4. The van der Waals surface area contributed by atoms with Crippen LogP contribution in [0.5, 0.6) is 0 Å². The summed E-state index contributed by atoms with van der Waals surface area (Å²) in [4.78, 5) is 7.53. The number of anilines is 1. The average Bonchev–Trinajstić information content (AvgIpc) is 3.66. The molecule has 8 nitrogen and oxygen atoms in total. The first kappa shape index (κ1) is 32.2. The zero-order chi connectivity index (χ0) is 30.9. The molecule has 5 N–H and O–H groups in total. The van der Waals surface area contributed by atoms with Crippen molar-refractivity contribution in [3.63, 3.8) is 0 Å². The third kappa shape index (κ3) is 5.77. The Kier molecular flexibility index (Phi) is 9.89. The molecule has 0 amide bonds. The van der Waals surface area contributed by atoms with E-state index in [1.165, 1.54) is 12.6 Å². The first-order chi connectivity index (χ1) is 20.0. The number of nitrogens with two attached hydrogens (primary N) is 1. The van der Waals surface area contributed by atoms with Crippen molar-refractivity contribution in [1.82, 2.24) is 15.5 Å². The lowest BCUT2D eigenvalue weighted by Crippen LogP contribution is -2.44. The summed E-state index contributed by atoms with van der Waals surface area (Å²) in [6.07, 6.45) is 4.64. The number of likely N-dealkylation sites (tertiary alicyclic amines) is 1. The number of halogens is 1. The van der Waals surface area contributed by atoms with Crippen LogP contribution in [-0.2, 0) is 4.74 Å². The zero-order valence-electron chi connectivity index (χ0n) is 25.6. The van der Waals surface area contributed by atoms with Gasteiger partial charge >= 0.3 is 0 Å². The van der Waals surface area contributed by atoms with Crippen LogP contribution in [-0.4, -0.2) is 53.9 Å². The van der Waals surface area contributed by atoms with E-state index in [4.69, 9.17) is 15.5 Å². The van der Waals surface area contributed by atoms with Gasteiger partial charge in [0.25, 0.3) is 0 Å². The molecule has 5 unspecified atom stereocenters. The van der Waals surface area contributed by atoms with Gasteiger partial charge in [-0.05, 0) is 34.9 Å². The highest BCUT2D eigenvalue weighted by Crippen LogP contribution is 2.51. The first-order valence-electron chi connectivity index (χ1n) is 14.7. The van der Waals surface area contributed by atoms with Gasteiger partial charge in [0, 0.05) is 42.5 Å². The number of rotatable bonds is 2. The van der Waals surface area contributed by atoms with Crippen molar-refractivity contribution in [2.45, 2.75) is 72.6 Å². The van der Waals surface area contributed by atoms with Gasteiger partial charge in [-0.1, -0.05) is 48.0 Å². The van der Waals surface area contributed by atoms with E-state index in [1.807, 2.05) is 33.9 Å². The van der Waals surface area contributed by atoms with Gasteiger partial charge in [-0.3, -0.25) is 0 Å².